The zero-order valence-electron chi connectivity index (χ0n) is 35.5. The minimum atomic E-state index is -2.52. The fraction of sp³-hybridized carbons (Fsp3) is 0.500. The van der Waals surface area contributed by atoms with Gasteiger partial charge >= 0.3 is 12.2 Å². The summed E-state index contributed by atoms with van der Waals surface area (Å²) >= 11 is 0. The Morgan fingerprint density at radius 2 is 1.53 bits per heavy atom. The number of nitrogens with zero attached hydrogens (tertiary/aromatic N) is 1. The van der Waals surface area contributed by atoms with Crippen molar-refractivity contribution >= 4 is 49.6 Å². The largest absolute Gasteiger partial charge is 0.540 e. The molecule has 3 unspecified atom stereocenters. The number of ether oxygens (including phenoxy) is 3. The summed E-state index contributed by atoms with van der Waals surface area (Å²) in [6, 6.07) is 8.22. The first kappa shape index (κ1) is 47.0. The Balaban J connectivity index is 1.85. The molecule has 15 nitrogen and oxygen atoms in total. The number of carbonyl (C=O) groups is 5. The van der Waals surface area contributed by atoms with Crippen molar-refractivity contribution in [3.8, 4) is 11.5 Å². The SMILES string of the molecule is C/C=C/C1=CN(C(=O)c2cc(OC)c(O[Si](C(C)C)(C(C)C)C(C)C)cc2NC(=O)OCc2ccc(NC(=O)C(C)NC(=O)C(OC(N)=O)C(C)C)cc2)C(CO)C1. The summed E-state index contributed by atoms with van der Waals surface area (Å²) in [4.78, 5) is 65.8. The van der Waals surface area contributed by atoms with Crippen LogP contribution < -0.4 is 30.8 Å². The molecule has 318 valence electrons. The normalized spacial score (nSPS) is 15.3. The zero-order chi connectivity index (χ0) is 43.5. The van der Waals surface area contributed by atoms with Crippen molar-refractivity contribution in [2.45, 2.75) is 117 Å². The molecule has 1 aliphatic rings. The Kier molecular flexibility index (Phi) is 16.9. The van der Waals surface area contributed by atoms with Crippen LogP contribution in [0.3, 0.4) is 0 Å². The van der Waals surface area contributed by atoms with E-state index in [1.165, 1.54) is 18.9 Å². The van der Waals surface area contributed by atoms with Gasteiger partial charge in [-0.15, -0.1) is 0 Å². The predicted octanol–water partition coefficient (Wildman–Crippen LogP) is 7.23. The van der Waals surface area contributed by atoms with E-state index in [2.05, 4.69) is 57.5 Å². The maximum absolute atomic E-state index is 14.2. The Morgan fingerprint density at radius 1 is 0.914 bits per heavy atom. The standard InChI is InChI=1S/C42H61N5O10Si/c1-12-13-30-18-32(22-48)47(21-30)40(51)33-19-35(54-11)36(57-58(25(4)5,26(6)7)27(8)9)20-34(33)46-42(53)55-23-29-14-16-31(17-15-29)45-38(49)28(10)44-39(50)37(24(2)3)56-41(43)52/h12-17,19-21,24-28,32,37,48H,18,22-23H2,1-11H3,(H2,43,52)(H,44,50)(H,45,49)(H,46,53)/b13-12+. The van der Waals surface area contributed by atoms with Crippen molar-refractivity contribution < 1.29 is 47.7 Å². The number of aliphatic hydroxyl groups excluding tert-OH is 1. The fourth-order valence-electron chi connectivity index (χ4n) is 7.38. The summed E-state index contributed by atoms with van der Waals surface area (Å²) in [6.45, 7) is 19.2. The Hall–Kier alpha value is -5.35. The van der Waals surface area contributed by atoms with Crippen molar-refractivity contribution in [1.29, 1.82) is 0 Å². The molecule has 16 heteroatoms. The quantitative estimate of drug-likeness (QED) is 0.0953. The molecule has 3 rings (SSSR count). The summed E-state index contributed by atoms with van der Waals surface area (Å²) in [7, 11) is -1.02. The Morgan fingerprint density at radius 3 is 2.05 bits per heavy atom. The molecule has 6 N–H and O–H groups in total. The average Bonchev–Trinajstić information content (AvgIpc) is 3.57. The number of allylic oxidation sites excluding steroid dienone is 2. The van der Waals surface area contributed by atoms with Crippen LogP contribution in [0.25, 0.3) is 0 Å². The van der Waals surface area contributed by atoms with E-state index >= 15 is 0 Å². The number of rotatable bonds is 18. The van der Waals surface area contributed by atoms with Gasteiger partial charge in [0.15, 0.2) is 11.9 Å². The van der Waals surface area contributed by atoms with Crippen LogP contribution in [0.4, 0.5) is 21.0 Å². The fourth-order valence-corrected chi connectivity index (χ4v) is 12.6. The van der Waals surface area contributed by atoms with E-state index in [9.17, 15) is 29.1 Å². The van der Waals surface area contributed by atoms with Gasteiger partial charge in [0.2, 0.25) is 5.91 Å². The smallest absolute Gasteiger partial charge is 0.411 e. The maximum atomic E-state index is 14.2. The molecule has 2 aromatic rings. The topological polar surface area (TPSA) is 208 Å². The number of aliphatic hydroxyl groups is 1. The van der Waals surface area contributed by atoms with Gasteiger partial charge in [0.05, 0.1) is 31.0 Å². The monoisotopic (exact) mass is 823 g/mol. The van der Waals surface area contributed by atoms with Crippen LogP contribution in [0.2, 0.25) is 16.6 Å². The molecule has 1 aliphatic heterocycles. The number of carbonyl (C=O) groups excluding carboxylic acids is 5. The molecule has 0 aliphatic carbocycles. The van der Waals surface area contributed by atoms with Crippen LogP contribution in [0.5, 0.6) is 11.5 Å². The predicted molar refractivity (Wildman–Crippen MR) is 225 cm³/mol. The second-order valence-electron chi connectivity index (χ2n) is 15.6. The highest BCUT2D eigenvalue weighted by Crippen LogP contribution is 2.46. The number of amides is 5. The number of hydrogen-bond donors (Lipinski definition) is 5. The van der Waals surface area contributed by atoms with Gasteiger partial charge in [-0.25, -0.2) is 9.59 Å². The number of benzene rings is 2. The second-order valence-corrected chi connectivity index (χ2v) is 21.0. The molecule has 3 atom stereocenters. The Labute approximate surface area is 342 Å². The lowest BCUT2D eigenvalue weighted by Crippen LogP contribution is -2.50. The highest BCUT2D eigenvalue weighted by Gasteiger charge is 2.47. The molecule has 0 saturated carbocycles. The van der Waals surface area contributed by atoms with Crippen molar-refractivity contribution in [3.05, 3.63) is 71.5 Å². The highest BCUT2D eigenvalue weighted by molar-refractivity contribution is 6.78. The summed E-state index contributed by atoms with van der Waals surface area (Å²) in [5, 5.41) is 18.2. The number of anilines is 2. The third-order valence-corrected chi connectivity index (χ3v) is 16.2. The highest BCUT2D eigenvalue weighted by atomic mass is 28.4. The van der Waals surface area contributed by atoms with Gasteiger partial charge in [0, 0.05) is 18.0 Å². The van der Waals surface area contributed by atoms with E-state index in [1.54, 1.807) is 56.4 Å². The summed E-state index contributed by atoms with van der Waals surface area (Å²) in [6.07, 6.45) is 2.82. The summed E-state index contributed by atoms with van der Waals surface area (Å²) < 4.78 is 23.3. The maximum Gasteiger partial charge on any atom is 0.411 e. The Bertz CT molecular complexity index is 1820. The minimum Gasteiger partial charge on any atom is -0.540 e. The van der Waals surface area contributed by atoms with E-state index in [0.29, 0.717) is 29.2 Å². The molecule has 0 spiro atoms. The molecule has 5 amide bonds. The lowest BCUT2D eigenvalue weighted by molar-refractivity contribution is -0.134. The van der Waals surface area contributed by atoms with E-state index in [0.717, 1.165) is 5.57 Å². The molecule has 1 heterocycles. The van der Waals surface area contributed by atoms with Crippen molar-refractivity contribution in [2.24, 2.45) is 11.7 Å². The summed E-state index contributed by atoms with van der Waals surface area (Å²) in [5.41, 5.74) is 7.90. The molecule has 58 heavy (non-hydrogen) atoms. The molecule has 0 radical (unpaired) electrons. The molecule has 2 aromatic carbocycles. The van der Waals surface area contributed by atoms with Gasteiger partial charge in [-0.05, 0) is 72.1 Å². The van der Waals surface area contributed by atoms with Crippen LogP contribution in [-0.4, -0.2) is 80.1 Å². The van der Waals surface area contributed by atoms with Crippen molar-refractivity contribution in [2.75, 3.05) is 24.4 Å². The second kappa shape index (κ2) is 20.9. The lowest BCUT2D eigenvalue weighted by Gasteiger charge is -2.42. The zero-order valence-corrected chi connectivity index (χ0v) is 36.5. The van der Waals surface area contributed by atoms with Crippen LogP contribution in [-0.2, 0) is 25.7 Å². The first-order valence-corrected chi connectivity index (χ1v) is 21.7. The van der Waals surface area contributed by atoms with Gasteiger partial charge in [-0.2, -0.15) is 0 Å². The summed E-state index contributed by atoms with van der Waals surface area (Å²) in [5.74, 6) is -1.28. The average molecular weight is 824 g/mol. The molecule has 0 bridgehead atoms. The lowest BCUT2D eigenvalue weighted by atomic mass is 10.1. The molecular weight excluding hydrogens is 763 g/mol. The number of nitrogens with one attached hydrogen (secondary N) is 3. The molecule has 0 fully saturated rings. The molecule has 0 saturated heterocycles. The van der Waals surface area contributed by atoms with Gasteiger partial charge in [-0.1, -0.05) is 79.7 Å². The van der Waals surface area contributed by atoms with Crippen molar-refractivity contribution in [1.82, 2.24) is 10.2 Å². The van der Waals surface area contributed by atoms with Crippen molar-refractivity contribution in [3.63, 3.8) is 0 Å². The number of primary amides is 1. The van der Waals surface area contributed by atoms with E-state index in [1.807, 2.05) is 19.1 Å². The first-order valence-electron chi connectivity index (χ1n) is 19.6. The van der Waals surface area contributed by atoms with E-state index in [-0.39, 0.29) is 47.0 Å². The van der Waals surface area contributed by atoms with Gasteiger partial charge in [0.25, 0.3) is 20.1 Å². The molecule has 0 aromatic heterocycles. The third kappa shape index (κ3) is 11.6. The van der Waals surface area contributed by atoms with E-state index in [4.69, 9.17) is 24.4 Å². The van der Waals surface area contributed by atoms with Gasteiger partial charge in [-0.3, -0.25) is 19.7 Å². The van der Waals surface area contributed by atoms with E-state index < -0.39 is 56.4 Å². The van der Waals surface area contributed by atoms with Gasteiger partial charge in [0.1, 0.15) is 18.4 Å². The number of nitrogens with two attached hydrogens (primary N) is 1. The first-order chi connectivity index (χ1) is 27.3. The number of methoxy groups -OCH3 is 1. The third-order valence-electron chi connectivity index (χ3n) is 10.2. The van der Waals surface area contributed by atoms with Crippen LogP contribution in [0.1, 0.15) is 91.6 Å². The number of hydrogen-bond acceptors (Lipinski definition) is 10. The van der Waals surface area contributed by atoms with Gasteiger partial charge < -0.3 is 45.0 Å². The van der Waals surface area contributed by atoms with Crippen LogP contribution in [0.15, 0.2) is 60.3 Å². The van der Waals surface area contributed by atoms with Crippen LogP contribution >= 0.6 is 0 Å². The minimum absolute atomic E-state index is 0.120. The molecular formula is C42H61N5O10Si. The van der Waals surface area contributed by atoms with Crippen LogP contribution in [0, 0.1) is 5.92 Å².